The fourth-order valence-electron chi connectivity index (χ4n) is 1.31. The highest BCUT2D eigenvalue weighted by molar-refractivity contribution is 7.90. The largest absolute Gasteiger partial charge is 0.486 e. The molecule has 0 saturated heterocycles. The highest BCUT2D eigenvalue weighted by Gasteiger charge is 2.22. The summed E-state index contributed by atoms with van der Waals surface area (Å²) < 4.78 is 28.6. The van der Waals surface area contributed by atoms with Crippen LogP contribution in [-0.2, 0) is 9.84 Å². The van der Waals surface area contributed by atoms with E-state index in [9.17, 15) is 8.42 Å². The summed E-state index contributed by atoms with van der Waals surface area (Å²) in [6, 6.07) is 6.48. The quantitative estimate of drug-likeness (QED) is 0.869. The molecule has 0 aliphatic rings. The van der Waals surface area contributed by atoms with Crippen LogP contribution in [0.4, 0.5) is 0 Å². The first-order valence-electron chi connectivity index (χ1n) is 5.50. The second-order valence-corrected chi connectivity index (χ2v) is 6.37. The van der Waals surface area contributed by atoms with Gasteiger partial charge in [-0.2, -0.15) is 0 Å². The standard InChI is InChI=1S/C12H19NO3S/c1-4-12(2,9-13)16-10-6-5-7-11(8-10)17(3,14)15/h5-8H,4,9,13H2,1-3H3. The fraction of sp³-hybridized carbons (Fsp3) is 0.500. The first kappa shape index (κ1) is 14.0. The van der Waals surface area contributed by atoms with Gasteiger partial charge >= 0.3 is 0 Å². The Morgan fingerprint density at radius 2 is 2.06 bits per heavy atom. The summed E-state index contributed by atoms with van der Waals surface area (Å²) in [5.41, 5.74) is 5.18. The van der Waals surface area contributed by atoms with E-state index >= 15 is 0 Å². The fourth-order valence-corrected chi connectivity index (χ4v) is 1.97. The van der Waals surface area contributed by atoms with Crippen LogP contribution in [0.2, 0.25) is 0 Å². The molecule has 2 N–H and O–H groups in total. The number of hydrogen-bond acceptors (Lipinski definition) is 4. The van der Waals surface area contributed by atoms with Crippen LogP contribution in [0.5, 0.6) is 5.75 Å². The zero-order valence-electron chi connectivity index (χ0n) is 10.4. The molecule has 0 aliphatic carbocycles. The van der Waals surface area contributed by atoms with E-state index in [2.05, 4.69) is 0 Å². The molecule has 96 valence electrons. The SMILES string of the molecule is CCC(C)(CN)Oc1cccc(S(C)(=O)=O)c1. The Morgan fingerprint density at radius 1 is 1.41 bits per heavy atom. The van der Waals surface area contributed by atoms with Crippen molar-refractivity contribution in [3.8, 4) is 5.75 Å². The third kappa shape index (κ3) is 3.71. The predicted molar refractivity (Wildman–Crippen MR) is 67.9 cm³/mol. The van der Waals surface area contributed by atoms with Crippen molar-refractivity contribution in [3.05, 3.63) is 24.3 Å². The van der Waals surface area contributed by atoms with E-state index in [1.165, 1.54) is 12.3 Å². The van der Waals surface area contributed by atoms with Crippen molar-refractivity contribution >= 4 is 9.84 Å². The second kappa shape index (κ2) is 5.06. The summed E-state index contributed by atoms with van der Waals surface area (Å²) in [6.45, 7) is 4.26. The Morgan fingerprint density at radius 3 is 2.53 bits per heavy atom. The van der Waals surface area contributed by atoms with Crippen LogP contribution in [-0.4, -0.2) is 26.8 Å². The Hall–Kier alpha value is -1.07. The zero-order valence-corrected chi connectivity index (χ0v) is 11.3. The summed E-state index contributed by atoms with van der Waals surface area (Å²) in [7, 11) is -3.21. The predicted octanol–water partition coefficient (Wildman–Crippen LogP) is 1.60. The molecular weight excluding hydrogens is 238 g/mol. The van der Waals surface area contributed by atoms with Crippen LogP contribution >= 0.6 is 0 Å². The first-order valence-corrected chi connectivity index (χ1v) is 7.39. The van der Waals surface area contributed by atoms with Crippen molar-refractivity contribution in [3.63, 3.8) is 0 Å². The molecule has 17 heavy (non-hydrogen) atoms. The number of sulfone groups is 1. The maximum atomic E-state index is 11.4. The number of benzene rings is 1. The molecule has 0 spiro atoms. The molecule has 4 nitrogen and oxygen atoms in total. The summed E-state index contributed by atoms with van der Waals surface area (Å²) in [6.07, 6.45) is 1.93. The van der Waals surface area contributed by atoms with E-state index in [-0.39, 0.29) is 4.90 Å². The summed E-state index contributed by atoms with van der Waals surface area (Å²) in [5.74, 6) is 0.530. The molecule has 1 atom stereocenters. The van der Waals surface area contributed by atoms with Crippen molar-refractivity contribution in [2.75, 3.05) is 12.8 Å². The highest BCUT2D eigenvalue weighted by atomic mass is 32.2. The lowest BCUT2D eigenvalue weighted by atomic mass is 10.0. The molecular formula is C12H19NO3S. The van der Waals surface area contributed by atoms with Crippen LogP contribution in [0.3, 0.4) is 0 Å². The molecule has 0 aliphatic heterocycles. The minimum Gasteiger partial charge on any atom is -0.486 e. The van der Waals surface area contributed by atoms with Crippen molar-refractivity contribution in [1.82, 2.24) is 0 Å². The van der Waals surface area contributed by atoms with E-state index in [0.29, 0.717) is 12.3 Å². The minimum absolute atomic E-state index is 0.255. The molecule has 0 amide bonds. The van der Waals surface area contributed by atoms with Gasteiger partial charge in [0, 0.05) is 12.8 Å². The molecule has 1 aromatic rings. The maximum Gasteiger partial charge on any atom is 0.175 e. The molecule has 1 aromatic carbocycles. The van der Waals surface area contributed by atoms with E-state index in [4.69, 9.17) is 10.5 Å². The van der Waals surface area contributed by atoms with Crippen molar-refractivity contribution in [2.45, 2.75) is 30.8 Å². The van der Waals surface area contributed by atoms with Crippen LogP contribution in [0.1, 0.15) is 20.3 Å². The number of ether oxygens (including phenoxy) is 1. The van der Waals surface area contributed by atoms with Crippen LogP contribution in [0.15, 0.2) is 29.2 Å². The average molecular weight is 257 g/mol. The Labute approximate surface area is 103 Å². The van der Waals surface area contributed by atoms with Crippen LogP contribution < -0.4 is 10.5 Å². The average Bonchev–Trinajstić information content (AvgIpc) is 2.28. The maximum absolute atomic E-state index is 11.4. The smallest absolute Gasteiger partial charge is 0.175 e. The lowest BCUT2D eigenvalue weighted by molar-refractivity contribution is 0.0932. The first-order chi connectivity index (χ1) is 7.80. The number of nitrogens with two attached hydrogens (primary N) is 1. The third-order valence-corrected chi connectivity index (χ3v) is 3.89. The Balaban J connectivity index is 3.02. The van der Waals surface area contributed by atoms with E-state index in [0.717, 1.165) is 6.42 Å². The van der Waals surface area contributed by atoms with Crippen molar-refractivity contribution < 1.29 is 13.2 Å². The number of hydrogen-bond donors (Lipinski definition) is 1. The van der Waals surface area contributed by atoms with Gasteiger partial charge in [-0.25, -0.2) is 8.42 Å². The van der Waals surface area contributed by atoms with Gasteiger partial charge < -0.3 is 10.5 Å². The molecule has 0 radical (unpaired) electrons. The van der Waals surface area contributed by atoms with Crippen LogP contribution in [0.25, 0.3) is 0 Å². The van der Waals surface area contributed by atoms with E-state index < -0.39 is 15.4 Å². The van der Waals surface area contributed by atoms with Crippen molar-refractivity contribution in [2.24, 2.45) is 5.73 Å². The lowest BCUT2D eigenvalue weighted by Gasteiger charge is -2.28. The summed E-state index contributed by atoms with van der Waals surface area (Å²) in [4.78, 5) is 0.255. The normalized spacial score (nSPS) is 15.3. The van der Waals surface area contributed by atoms with Crippen LogP contribution in [0, 0.1) is 0 Å². The van der Waals surface area contributed by atoms with Gasteiger partial charge in [0.05, 0.1) is 4.90 Å². The molecule has 0 aromatic heterocycles. The van der Waals surface area contributed by atoms with Gasteiger partial charge in [-0.3, -0.25) is 0 Å². The van der Waals surface area contributed by atoms with E-state index in [1.54, 1.807) is 18.2 Å². The lowest BCUT2D eigenvalue weighted by Crippen LogP contribution is -2.39. The van der Waals surface area contributed by atoms with Gasteiger partial charge in [-0.1, -0.05) is 13.0 Å². The van der Waals surface area contributed by atoms with Gasteiger partial charge in [-0.15, -0.1) is 0 Å². The minimum atomic E-state index is -3.21. The van der Waals surface area contributed by atoms with E-state index in [1.807, 2.05) is 13.8 Å². The molecule has 1 rings (SSSR count). The molecule has 5 heteroatoms. The highest BCUT2D eigenvalue weighted by Crippen LogP contribution is 2.23. The second-order valence-electron chi connectivity index (χ2n) is 4.36. The van der Waals surface area contributed by atoms with Gasteiger partial charge in [0.2, 0.25) is 0 Å². The van der Waals surface area contributed by atoms with Gasteiger partial charge in [0.25, 0.3) is 0 Å². The third-order valence-electron chi connectivity index (χ3n) is 2.78. The zero-order chi connectivity index (χ0) is 13.1. The summed E-state index contributed by atoms with van der Waals surface area (Å²) in [5, 5.41) is 0. The molecule has 0 bridgehead atoms. The number of rotatable bonds is 5. The Bertz CT molecular complexity index is 478. The van der Waals surface area contributed by atoms with Gasteiger partial charge in [-0.05, 0) is 31.5 Å². The molecule has 0 saturated carbocycles. The van der Waals surface area contributed by atoms with Gasteiger partial charge in [0.15, 0.2) is 9.84 Å². The Kier molecular flexibility index (Phi) is 4.16. The van der Waals surface area contributed by atoms with Crippen molar-refractivity contribution in [1.29, 1.82) is 0 Å². The molecule has 0 heterocycles. The monoisotopic (exact) mass is 257 g/mol. The summed E-state index contributed by atoms with van der Waals surface area (Å²) >= 11 is 0. The topological polar surface area (TPSA) is 69.4 Å². The molecule has 1 unspecified atom stereocenters. The molecule has 0 fully saturated rings. The van der Waals surface area contributed by atoms with Gasteiger partial charge in [0.1, 0.15) is 11.4 Å².